The van der Waals surface area contributed by atoms with Crippen LogP contribution in [0.2, 0.25) is 0 Å². The highest BCUT2D eigenvalue weighted by Crippen LogP contribution is 2.19. The van der Waals surface area contributed by atoms with E-state index in [9.17, 15) is 4.79 Å². The van der Waals surface area contributed by atoms with Gasteiger partial charge in [0.05, 0.1) is 6.42 Å². The van der Waals surface area contributed by atoms with Crippen LogP contribution in [0.25, 0.3) is 0 Å². The third-order valence-electron chi connectivity index (χ3n) is 2.88. The summed E-state index contributed by atoms with van der Waals surface area (Å²) in [5, 5.41) is 4.16. The van der Waals surface area contributed by atoms with Gasteiger partial charge >= 0.3 is 6.02 Å². The Kier molecular flexibility index (Phi) is 3.74. The number of Topliss-reactive ketones (excluding diaryl/α,β-unsaturated/α-hetero) is 1. The lowest BCUT2D eigenvalue weighted by molar-refractivity contribution is -0.121. The van der Waals surface area contributed by atoms with E-state index >= 15 is 0 Å². The van der Waals surface area contributed by atoms with Crippen molar-refractivity contribution >= 4 is 11.8 Å². The molecule has 1 N–H and O–H groups in total. The molecule has 0 radical (unpaired) electrons. The first-order valence-electron chi connectivity index (χ1n) is 6.27. The SMILES string of the molecule is CC(=O)CC1(C)NN=C(N(C)Cc2ccccc2)O1. The zero-order valence-electron chi connectivity index (χ0n) is 11.5. The first-order chi connectivity index (χ1) is 8.98. The summed E-state index contributed by atoms with van der Waals surface area (Å²) >= 11 is 0. The molecule has 0 spiro atoms. The highest BCUT2D eigenvalue weighted by molar-refractivity contribution is 5.79. The Morgan fingerprint density at radius 1 is 1.42 bits per heavy atom. The average Bonchev–Trinajstić information content (AvgIpc) is 2.72. The van der Waals surface area contributed by atoms with Crippen LogP contribution in [0.3, 0.4) is 0 Å². The molecule has 0 fully saturated rings. The zero-order valence-corrected chi connectivity index (χ0v) is 11.5. The molecule has 0 saturated carbocycles. The number of hydrazone groups is 1. The average molecular weight is 261 g/mol. The van der Waals surface area contributed by atoms with Gasteiger partial charge in [0.15, 0.2) is 0 Å². The lowest BCUT2D eigenvalue weighted by atomic mass is 10.1. The van der Waals surface area contributed by atoms with Crippen LogP contribution in [0.1, 0.15) is 25.8 Å². The monoisotopic (exact) mass is 261 g/mol. The van der Waals surface area contributed by atoms with Crippen molar-refractivity contribution in [3.8, 4) is 0 Å². The maximum Gasteiger partial charge on any atom is 0.311 e. The van der Waals surface area contributed by atoms with Crippen LogP contribution in [0, 0.1) is 0 Å². The molecule has 0 aromatic heterocycles. The van der Waals surface area contributed by atoms with Crippen LogP contribution < -0.4 is 5.43 Å². The van der Waals surface area contributed by atoms with Crippen molar-refractivity contribution in [2.45, 2.75) is 32.5 Å². The Morgan fingerprint density at radius 3 is 2.74 bits per heavy atom. The number of nitrogens with zero attached hydrogens (tertiary/aromatic N) is 2. The van der Waals surface area contributed by atoms with Gasteiger partial charge < -0.3 is 9.64 Å². The van der Waals surface area contributed by atoms with Crippen LogP contribution >= 0.6 is 0 Å². The van der Waals surface area contributed by atoms with E-state index in [1.54, 1.807) is 6.92 Å². The van der Waals surface area contributed by atoms with E-state index in [1.165, 1.54) is 5.56 Å². The van der Waals surface area contributed by atoms with Crippen molar-refractivity contribution in [2.75, 3.05) is 7.05 Å². The van der Waals surface area contributed by atoms with E-state index in [1.807, 2.05) is 49.2 Å². The van der Waals surface area contributed by atoms with Crippen LogP contribution in [0.15, 0.2) is 35.4 Å². The predicted molar refractivity (Wildman–Crippen MR) is 73.3 cm³/mol. The molecule has 1 aromatic rings. The van der Waals surface area contributed by atoms with Crippen molar-refractivity contribution in [3.63, 3.8) is 0 Å². The second-order valence-electron chi connectivity index (χ2n) is 5.06. The van der Waals surface area contributed by atoms with Gasteiger partial charge in [0, 0.05) is 13.6 Å². The lowest BCUT2D eigenvalue weighted by Gasteiger charge is -2.25. The lowest BCUT2D eigenvalue weighted by Crippen LogP contribution is -2.41. The molecule has 1 unspecified atom stereocenters. The molecule has 19 heavy (non-hydrogen) atoms. The molecule has 2 rings (SSSR count). The number of ketones is 1. The summed E-state index contributed by atoms with van der Waals surface area (Å²) in [5.74, 6) is 0.0668. The highest BCUT2D eigenvalue weighted by Gasteiger charge is 2.35. The van der Waals surface area contributed by atoms with Crippen LogP contribution in [0.4, 0.5) is 0 Å². The van der Waals surface area contributed by atoms with Crippen molar-refractivity contribution in [1.82, 2.24) is 10.3 Å². The minimum Gasteiger partial charge on any atom is -0.436 e. The summed E-state index contributed by atoms with van der Waals surface area (Å²) in [6, 6.07) is 10.6. The van der Waals surface area contributed by atoms with E-state index in [-0.39, 0.29) is 5.78 Å². The van der Waals surface area contributed by atoms with Gasteiger partial charge in [-0.05, 0) is 19.4 Å². The van der Waals surface area contributed by atoms with Gasteiger partial charge in [0.1, 0.15) is 5.78 Å². The van der Waals surface area contributed by atoms with Crippen molar-refractivity contribution < 1.29 is 9.53 Å². The van der Waals surface area contributed by atoms with E-state index in [2.05, 4.69) is 10.5 Å². The molecule has 0 amide bonds. The van der Waals surface area contributed by atoms with Gasteiger partial charge in [0.2, 0.25) is 5.72 Å². The molecule has 1 aromatic carbocycles. The smallest absolute Gasteiger partial charge is 0.311 e. The first kappa shape index (κ1) is 13.4. The Morgan fingerprint density at radius 2 is 2.11 bits per heavy atom. The summed E-state index contributed by atoms with van der Waals surface area (Å²) < 4.78 is 5.74. The highest BCUT2D eigenvalue weighted by atomic mass is 16.6. The Hall–Kier alpha value is -2.04. The van der Waals surface area contributed by atoms with Gasteiger partial charge in [0.25, 0.3) is 0 Å². The Labute approximate surface area is 113 Å². The van der Waals surface area contributed by atoms with Crippen LogP contribution in [0.5, 0.6) is 0 Å². The van der Waals surface area contributed by atoms with Crippen LogP contribution in [-0.2, 0) is 16.1 Å². The standard InChI is InChI=1S/C14H19N3O2/c1-11(18)9-14(2)16-15-13(19-14)17(3)10-12-7-5-4-6-8-12/h4-8,16H,9-10H2,1-3H3. The first-order valence-corrected chi connectivity index (χ1v) is 6.27. The molecular weight excluding hydrogens is 242 g/mol. The normalized spacial score (nSPS) is 21.3. The molecule has 1 aliphatic heterocycles. The quantitative estimate of drug-likeness (QED) is 0.896. The van der Waals surface area contributed by atoms with Gasteiger partial charge in [-0.2, -0.15) is 0 Å². The second-order valence-corrected chi connectivity index (χ2v) is 5.06. The van der Waals surface area contributed by atoms with Crippen molar-refractivity contribution in [3.05, 3.63) is 35.9 Å². The number of carbonyl (C=O) groups excluding carboxylic acids is 1. The summed E-state index contributed by atoms with van der Waals surface area (Å²) in [7, 11) is 1.91. The molecule has 5 nitrogen and oxygen atoms in total. The summed E-state index contributed by atoms with van der Waals surface area (Å²) in [6.07, 6.45) is 0.291. The number of carbonyl (C=O) groups is 1. The fraction of sp³-hybridized carbons (Fsp3) is 0.429. The third-order valence-corrected chi connectivity index (χ3v) is 2.88. The molecule has 1 aliphatic rings. The molecule has 5 heteroatoms. The fourth-order valence-corrected chi connectivity index (χ4v) is 2.05. The van der Waals surface area contributed by atoms with E-state index in [4.69, 9.17) is 4.74 Å². The molecule has 0 aliphatic carbocycles. The van der Waals surface area contributed by atoms with E-state index < -0.39 is 5.72 Å². The number of ether oxygens (including phenoxy) is 1. The molecule has 0 saturated heterocycles. The number of amidine groups is 1. The minimum absolute atomic E-state index is 0.0668. The van der Waals surface area contributed by atoms with Gasteiger partial charge in [-0.15, -0.1) is 5.10 Å². The molecule has 1 heterocycles. The van der Waals surface area contributed by atoms with E-state index in [0.717, 1.165) is 0 Å². The summed E-state index contributed by atoms with van der Waals surface area (Å²) in [5.41, 5.74) is 3.33. The summed E-state index contributed by atoms with van der Waals surface area (Å²) in [4.78, 5) is 13.1. The number of hydrogen-bond acceptors (Lipinski definition) is 5. The number of hydrogen-bond donors (Lipinski definition) is 1. The molecule has 0 bridgehead atoms. The maximum absolute atomic E-state index is 11.2. The Bertz CT molecular complexity index is 487. The van der Waals surface area contributed by atoms with Crippen molar-refractivity contribution in [2.24, 2.45) is 5.10 Å². The topological polar surface area (TPSA) is 53.9 Å². The fourth-order valence-electron chi connectivity index (χ4n) is 2.05. The van der Waals surface area contributed by atoms with E-state index in [0.29, 0.717) is 19.0 Å². The Balaban J connectivity index is 1.95. The second kappa shape index (κ2) is 5.30. The molecule has 1 atom stereocenters. The maximum atomic E-state index is 11.2. The molecule has 102 valence electrons. The van der Waals surface area contributed by atoms with Crippen molar-refractivity contribution in [1.29, 1.82) is 0 Å². The third kappa shape index (κ3) is 3.47. The molecular formula is C14H19N3O2. The number of nitrogens with one attached hydrogen (secondary N) is 1. The zero-order chi connectivity index (χ0) is 13.9. The summed E-state index contributed by atoms with van der Waals surface area (Å²) in [6.45, 7) is 4.07. The van der Waals surface area contributed by atoms with Gasteiger partial charge in [-0.25, -0.2) is 0 Å². The predicted octanol–water partition coefficient (Wildman–Crippen LogP) is 1.70. The minimum atomic E-state index is -0.730. The van der Waals surface area contributed by atoms with Gasteiger partial charge in [-0.1, -0.05) is 30.3 Å². The van der Waals surface area contributed by atoms with Crippen LogP contribution in [-0.4, -0.2) is 29.5 Å². The number of benzene rings is 1. The van der Waals surface area contributed by atoms with Gasteiger partial charge in [-0.3, -0.25) is 10.2 Å². The number of rotatable bonds is 4. The largest absolute Gasteiger partial charge is 0.436 e.